The van der Waals surface area contributed by atoms with Crippen LogP contribution in [0.2, 0.25) is 0 Å². The largest absolute Gasteiger partial charge is 0.313 e. The Morgan fingerprint density at radius 2 is 2.11 bits per heavy atom. The molecular formula is C17H28N2. The Kier molecular flexibility index (Phi) is 5.38. The van der Waals surface area contributed by atoms with Crippen LogP contribution in [0.3, 0.4) is 0 Å². The Balaban J connectivity index is 1.96. The Hall–Kier alpha value is -0.890. The predicted octanol–water partition coefficient (Wildman–Crippen LogP) is 3.60. The molecule has 0 spiro atoms. The first kappa shape index (κ1) is 14.5. The summed E-state index contributed by atoms with van der Waals surface area (Å²) in [5, 5.41) is 3.73. The van der Waals surface area contributed by atoms with Gasteiger partial charge in [0.15, 0.2) is 0 Å². The van der Waals surface area contributed by atoms with Gasteiger partial charge in [-0.05, 0) is 55.7 Å². The van der Waals surface area contributed by atoms with Crippen LogP contribution in [-0.2, 0) is 12.8 Å². The van der Waals surface area contributed by atoms with Crippen molar-refractivity contribution in [3.63, 3.8) is 0 Å². The maximum Gasteiger partial charge on any atom is 0.0419 e. The highest BCUT2D eigenvalue weighted by molar-refractivity contribution is 5.15. The van der Waals surface area contributed by atoms with Crippen molar-refractivity contribution < 1.29 is 0 Å². The number of hydrogen-bond acceptors (Lipinski definition) is 2. The molecule has 2 unspecified atom stereocenters. The zero-order valence-corrected chi connectivity index (χ0v) is 12.7. The van der Waals surface area contributed by atoms with Gasteiger partial charge in [0.2, 0.25) is 0 Å². The summed E-state index contributed by atoms with van der Waals surface area (Å²) in [4.78, 5) is 4.62. The van der Waals surface area contributed by atoms with Crippen LogP contribution in [0, 0.1) is 11.8 Å². The second-order valence-corrected chi connectivity index (χ2v) is 5.97. The van der Waals surface area contributed by atoms with E-state index in [0.29, 0.717) is 6.04 Å². The first-order chi connectivity index (χ1) is 9.24. The summed E-state index contributed by atoms with van der Waals surface area (Å²) in [6.45, 7) is 7.94. The number of nitrogens with zero attached hydrogens (tertiary/aromatic N) is 1. The zero-order chi connectivity index (χ0) is 13.7. The topological polar surface area (TPSA) is 24.9 Å². The molecule has 1 aromatic rings. The van der Waals surface area contributed by atoms with Gasteiger partial charge in [-0.2, -0.15) is 0 Å². The minimum atomic E-state index is 0.590. The van der Waals surface area contributed by atoms with Crippen molar-refractivity contribution in [2.45, 2.75) is 58.9 Å². The lowest BCUT2D eigenvalue weighted by atomic mass is 9.92. The van der Waals surface area contributed by atoms with Crippen LogP contribution in [0.4, 0.5) is 0 Å². The fourth-order valence-electron chi connectivity index (χ4n) is 2.73. The summed E-state index contributed by atoms with van der Waals surface area (Å²) in [5.41, 5.74) is 2.57. The molecule has 0 bridgehead atoms. The van der Waals surface area contributed by atoms with Gasteiger partial charge in [-0.25, -0.2) is 0 Å². The lowest BCUT2D eigenvalue weighted by Crippen LogP contribution is -2.38. The third-order valence-electron chi connectivity index (χ3n) is 4.38. The van der Waals surface area contributed by atoms with Crippen molar-refractivity contribution in [1.82, 2.24) is 10.3 Å². The molecule has 2 nitrogen and oxygen atoms in total. The van der Waals surface area contributed by atoms with Gasteiger partial charge >= 0.3 is 0 Å². The van der Waals surface area contributed by atoms with E-state index in [2.05, 4.69) is 43.2 Å². The maximum absolute atomic E-state index is 4.62. The molecule has 1 fully saturated rings. The molecule has 1 aromatic heterocycles. The van der Waals surface area contributed by atoms with Crippen LogP contribution in [0.1, 0.15) is 51.3 Å². The van der Waals surface area contributed by atoms with Crippen LogP contribution in [0.15, 0.2) is 18.3 Å². The Morgan fingerprint density at radius 3 is 2.63 bits per heavy atom. The third kappa shape index (κ3) is 4.31. The second kappa shape index (κ2) is 7.04. The summed E-state index contributed by atoms with van der Waals surface area (Å²) in [6.07, 6.45) is 8.23. The van der Waals surface area contributed by atoms with Crippen molar-refractivity contribution in [1.29, 1.82) is 0 Å². The maximum atomic E-state index is 4.62. The third-order valence-corrected chi connectivity index (χ3v) is 4.38. The van der Waals surface area contributed by atoms with Crippen LogP contribution < -0.4 is 5.32 Å². The summed E-state index contributed by atoms with van der Waals surface area (Å²) < 4.78 is 0. The first-order valence-corrected chi connectivity index (χ1v) is 7.91. The van der Waals surface area contributed by atoms with Crippen molar-refractivity contribution in [3.05, 3.63) is 29.6 Å². The van der Waals surface area contributed by atoms with E-state index >= 15 is 0 Å². The fourth-order valence-corrected chi connectivity index (χ4v) is 2.73. The molecule has 2 atom stereocenters. The summed E-state index contributed by atoms with van der Waals surface area (Å²) in [6, 6.07) is 5.02. The molecule has 1 heterocycles. The van der Waals surface area contributed by atoms with Gasteiger partial charge in [-0.3, -0.25) is 4.98 Å². The Morgan fingerprint density at radius 1 is 1.32 bits per heavy atom. The van der Waals surface area contributed by atoms with Crippen LogP contribution in [0.25, 0.3) is 0 Å². The molecule has 0 amide bonds. The van der Waals surface area contributed by atoms with E-state index in [1.54, 1.807) is 0 Å². The van der Waals surface area contributed by atoms with Gasteiger partial charge in [-0.1, -0.05) is 26.8 Å². The highest BCUT2D eigenvalue weighted by atomic mass is 14.9. The fraction of sp³-hybridized carbons (Fsp3) is 0.706. The normalized spacial score (nSPS) is 18.3. The van der Waals surface area contributed by atoms with Crippen molar-refractivity contribution in [3.8, 4) is 0 Å². The van der Waals surface area contributed by atoms with E-state index in [9.17, 15) is 0 Å². The summed E-state index contributed by atoms with van der Waals surface area (Å²) >= 11 is 0. The highest BCUT2D eigenvalue weighted by Crippen LogP contribution is 2.38. The number of pyridine rings is 1. The molecule has 19 heavy (non-hydrogen) atoms. The average Bonchev–Trinajstić information content (AvgIpc) is 3.28. The lowest BCUT2D eigenvalue weighted by Gasteiger charge is -2.25. The molecule has 0 aromatic carbocycles. The molecule has 1 N–H and O–H groups in total. The van der Waals surface area contributed by atoms with Crippen molar-refractivity contribution in [2.75, 3.05) is 6.54 Å². The highest BCUT2D eigenvalue weighted by Gasteiger charge is 2.33. The van der Waals surface area contributed by atoms with Crippen LogP contribution in [0.5, 0.6) is 0 Å². The number of hydrogen-bond donors (Lipinski definition) is 1. The van der Waals surface area contributed by atoms with E-state index in [-0.39, 0.29) is 0 Å². The quantitative estimate of drug-likeness (QED) is 0.772. The number of aryl methyl sites for hydroxylation is 1. The molecular weight excluding hydrogens is 232 g/mol. The molecule has 1 saturated carbocycles. The number of rotatable bonds is 8. The molecule has 2 rings (SSSR count). The molecule has 0 saturated heterocycles. The SMILES string of the molecule is CCCNC(Cc1ccc(CC)cn1)C(C)C1CC1. The van der Waals surface area contributed by atoms with Gasteiger partial charge < -0.3 is 5.32 Å². The predicted molar refractivity (Wildman–Crippen MR) is 81.3 cm³/mol. The van der Waals surface area contributed by atoms with Gasteiger partial charge in [0.1, 0.15) is 0 Å². The lowest BCUT2D eigenvalue weighted by molar-refractivity contribution is 0.337. The van der Waals surface area contributed by atoms with Gasteiger partial charge in [0, 0.05) is 24.4 Å². The van der Waals surface area contributed by atoms with Crippen molar-refractivity contribution in [2.24, 2.45) is 11.8 Å². The standard InChI is InChI=1S/C17H28N2/c1-4-10-18-17(13(3)15-7-8-15)11-16-9-6-14(5-2)12-19-16/h6,9,12-13,15,17-18H,4-5,7-8,10-11H2,1-3H3. The van der Waals surface area contributed by atoms with Gasteiger partial charge in [0.25, 0.3) is 0 Å². The van der Waals surface area contributed by atoms with Gasteiger partial charge in [0.05, 0.1) is 0 Å². The molecule has 1 aliphatic rings. The number of aromatic nitrogens is 1. The van der Waals surface area contributed by atoms with E-state index in [0.717, 1.165) is 31.2 Å². The molecule has 0 aliphatic heterocycles. The molecule has 106 valence electrons. The number of nitrogens with one attached hydrogen (secondary N) is 1. The smallest absolute Gasteiger partial charge is 0.0419 e. The van der Waals surface area contributed by atoms with Crippen molar-refractivity contribution >= 4 is 0 Å². The van der Waals surface area contributed by atoms with E-state index in [4.69, 9.17) is 0 Å². The minimum absolute atomic E-state index is 0.590. The second-order valence-electron chi connectivity index (χ2n) is 5.97. The van der Waals surface area contributed by atoms with Gasteiger partial charge in [-0.15, -0.1) is 0 Å². The van der Waals surface area contributed by atoms with Crippen LogP contribution >= 0.6 is 0 Å². The average molecular weight is 260 g/mol. The summed E-state index contributed by atoms with van der Waals surface area (Å²) in [5.74, 6) is 1.73. The zero-order valence-electron chi connectivity index (χ0n) is 12.7. The van der Waals surface area contributed by atoms with E-state index in [1.165, 1.54) is 30.5 Å². The Labute approximate surface area is 118 Å². The summed E-state index contributed by atoms with van der Waals surface area (Å²) in [7, 11) is 0. The molecule has 0 radical (unpaired) electrons. The Bertz CT molecular complexity index is 367. The van der Waals surface area contributed by atoms with E-state index < -0.39 is 0 Å². The molecule has 2 heteroatoms. The monoisotopic (exact) mass is 260 g/mol. The molecule has 1 aliphatic carbocycles. The first-order valence-electron chi connectivity index (χ1n) is 7.91. The van der Waals surface area contributed by atoms with Crippen LogP contribution in [-0.4, -0.2) is 17.6 Å². The minimum Gasteiger partial charge on any atom is -0.313 e. The van der Waals surface area contributed by atoms with E-state index in [1.807, 2.05) is 6.20 Å².